The molecule has 2 aromatic heterocycles. The van der Waals surface area contributed by atoms with Crippen LogP contribution < -0.4 is 4.90 Å². The number of aliphatic hydroxyl groups excluding tert-OH is 1. The Morgan fingerprint density at radius 3 is 2.76 bits per heavy atom. The van der Waals surface area contributed by atoms with Gasteiger partial charge in [-0.3, -0.25) is 0 Å². The minimum atomic E-state index is -0.328. The molecule has 130 valence electrons. The molecule has 7 nitrogen and oxygen atoms in total. The highest BCUT2D eigenvalue weighted by atomic mass is 35.5. The number of benzene rings is 1. The molecule has 0 bridgehead atoms. The third kappa shape index (κ3) is 2.69. The zero-order chi connectivity index (χ0) is 17.7. The molecule has 0 saturated carbocycles. The van der Waals surface area contributed by atoms with Gasteiger partial charge in [0.25, 0.3) is 0 Å². The zero-order valence-corrected chi connectivity index (χ0v) is 14.7. The zero-order valence-electron chi connectivity index (χ0n) is 13.9. The maximum atomic E-state index is 10.3. The molecular formula is C17H18ClN5O2. The van der Waals surface area contributed by atoms with Crippen molar-refractivity contribution in [2.45, 2.75) is 19.4 Å². The van der Waals surface area contributed by atoms with E-state index in [1.54, 1.807) is 16.8 Å². The van der Waals surface area contributed by atoms with Gasteiger partial charge in [-0.2, -0.15) is 0 Å². The fourth-order valence-corrected chi connectivity index (χ4v) is 3.56. The van der Waals surface area contributed by atoms with Gasteiger partial charge in [0.05, 0.1) is 17.9 Å². The van der Waals surface area contributed by atoms with Crippen LogP contribution in [-0.2, 0) is 7.05 Å². The number of phenolic OH excluding ortho intramolecular Hbond substituents is 1. The van der Waals surface area contributed by atoms with Crippen molar-refractivity contribution in [2.24, 2.45) is 7.05 Å². The van der Waals surface area contributed by atoms with Gasteiger partial charge in [0, 0.05) is 25.2 Å². The predicted octanol–water partition coefficient (Wildman–Crippen LogP) is 2.27. The first-order chi connectivity index (χ1) is 11.9. The minimum Gasteiger partial charge on any atom is -0.507 e. The number of fused-ring (bicyclic) bond motifs is 1. The van der Waals surface area contributed by atoms with Crippen molar-refractivity contribution < 1.29 is 10.2 Å². The Labute approximate surface area is 149 Å². The van der Waals surface area contributed by atoms with Crippen molar-refractivity contribution >= 4 is 28.7 Å². The number of aromatic hydroxyl groups is 1. The number of halogens is 1. The number of β-amino-alcohol motifs (C(OH)–C–C–N with tert-alkyl or cyclic N) is 1. The van der Waals surface area contributed by atoms with Crippen LogP contribution in [0.1, 0.15) is 12.0 Å². The summed E-state index contributed by atoms with van der Waals surface area (Å²) in [6.07, 6.45) is 2.09. The van der Waals surface area contributed by atoms with Gasteiger partial charge >= 0.3 is 0 Å². The van der Waals surface area contributed by atoms with Crippen molar-refractivity contribution in [1.82, 2.24) is 19.5 Å². The van der Waals surface area contributed by atoms with Gasteiger partial charge in [0.2, 0.25) is 0 Å². The predicted molar refractivity (Wildman–Crippen MR) is 96.0 cm³/mol. The average molecular weight is 360 g/mol. The Hall–Kier alpha value is -2.38. The number of aryl methyl sites for hydroxylation is 2. The average Bonchev–Trinajstić information content (AvgIpc) is 3.11. The number of nitrogens with zero attached hydrogens (tertiary/aromatic N) is 5. The van der Waals surface area contributed by atoms with Crippen LogP contribution in [0.3, 0.4) is 0 Å². The lowest BCUT2D eigenvalue weighted by Gasteiger charge is -2.15. The minimum absolute atomic E-state index is 0.0753. The second-order valence-corrected chi connectivity index (χ2v) is 6.81. The first kappa shape index (κ1) is 16.1. The van der Waals surface area contributed by atoms with E-state index in [-0.39, 0.29) is 11.9 Å². The van der Waals surface area contributed by atoms with E-state index in [4.69, 9.17) is 11.6 Å². The van der Waals surface area contributed by atoms with Crippen molar-refractivity contribution in [3.05, 3.63) is 28.9 Å². The smallest absolute Gasteiger partial charge is 0.200 e. The molecule has 0 amide bonds. The Bertz CT molecular complexity index is 948. The number of aliphatic hydroxyl groups is 1. The number of aromatic nitrogens is 4. The van der Waals surface area contributed by atoms with Gasteiger partial charge in [-0.25, -0.2) is 15.0 Å². The van der Waals surface area contributed by atoms with Crippen LogP contribution in [0.2, 0.25) is 5.02 Å². The maximum Gasteiger partial charge on any atom is 0.200 e. The summed E-state index contributed by atoms with van der Waals surface area (Å²) < 4.78 is 1.81. The van der Waals surface area contributed by atoms with Crippen LogP contribution in [0.5, 0.6) is 5.75 Å². The Kier molecular flexibility index (Phi) is 3.77. The fraction of sp³-hybridized carbons (Fsp3) is 0.353. The summed E-state index contributed by atoms with van der Waals surface area (Å²) in [6, 6.07) is 3.29. The van der Waals surface area contributed by atoms with E-state index in [9.17, 15) is 10.2 Å². The maximum absolute atomic E-state index is 10.3. The van der Waals surface area contributed by atoms with Gasteiger partial charge in [0.1, 0.15) is 17.4 Å². The lowest BCUT2D eigenvalue weighted by molar-refractivity contribution is 0.198. The van der Waals surface area contributed by atoms with E-state index >= 15 is 0 Å². The highest BCUT2D eigenvalue weighted by molar-refractivity contribution is 6.31. The molecule has 2 N–H and O–H groups in total. The highest BCUT2D eigenvalue weighted by Gasteiger charge is 2.23. The molecule has 1 unspecified atom stereocenters. The Balaban J connectivity index is 1.83. The van der Waals surface area contributed by atoms with Crippen molar-refractivity contribution in [1.29, 1.82) is 0 Å². The van der Waals surface area contributed by atoms with E-state index in [0.717, 1.165) is 18.5 Å². The lowest BCUT2D eigenvalue weighted by Crippen LogP contribution is -2.22. The number of anilines is 1. The van der Waals surface area contributed by atoms with Gasteiger partial charge in [0.15, 0.2) is 11.3 Å². The summed E-state index contributed by atoms with van der Waals surface area (Å²) in [6.45, 7) is 3.17. The van der Waals surface area contributed by atoms with Crippen LogP contribution in [-0.4, -0.2) is 48.9 Å². The number of imidazole rings is 1. The molecule has 1 aliphatic heterocycles. The number of phenols is 1. The standard InChI is InChI=1S/C17H18ClN5O2/c1-9-5-10(18)6-12(25)14(9)16-21-15-17(22(16)2)19-7-13(20-15)23-4-3-11(24)8-23/h5-7,11,24-25H,3-4,8H2,1-2H3. The largest absolute Gasteiger partial charge is 0.507 e. The first-order valence-corrected chi connectivity index (χ1v) is 8.44. The molecule has 1 fully saturated rings. The molecule has 1 aliphatic rings. The lowest BCUT2D eigenvalue weighted by atomic mass is 10.1. The summed E-state index contributed by atoms with van der Waals surface area (Å²) >= 11 is 6.00. The van der Waals surface area contributed by atoms with Crippen LogP contribution in [0.15, 0.2) is 18.3 Å². The summed E-state index contributed by atoms with van der Waals surface area (Å²) in [4.78, 5) is 15.6. The summed E-state index contributed by atoms with van der Waals surface area (Å²) in [5.41, 5.74) is 2.58. The van der Waals surface area contributed by atoms with Gasteiger partial charge < -0.3 is 19.7 Å². The van der Waals surface area contributed by atoms with E-state index in [1.807, 2.05) is 18.9 Å². The molecule has 25 heavy (non-hydrogen) atoms. The van der Waals surface area contributed by atoms with Crippen molar-refractivity contribution in [2.75, 3.05) is 18.0 Å². The van der Waals surface area contributed by atoms with E-state index in [2.05, 4.69) is 15.0 Å². The summed E-state index contributed by atoms with van der Waals surface area (Å²) in [5, 5.41) is 20.5. The monoisotopic (exact) mass is 359 g/mol. The quantitative estimate of drug-likeness (QED) is 0.729. The molecule has 0 aliphatic carbocycles. The summed E-state index contributed by atoms with van der Waals surface area (Å²) in [7, 11) is 1.84. The Morgan fingerprint density at radius 1 is 1.28 bits per heavy atom. The number of rotatable bonds is 2. The number of hydrogen-bond donors (Lipinski definition) is 2. The molecular weight excluding hydrogens is 342 g/mol. The fourth-order valence-electron chi connectivity index (χ4n) is 3.29. The number of hydrogen-bond acceptors (Lipinski definition) is 6. The molecule has 1 saturated heterocycles. The summed E-state index contributed by atoms with van der Waals surface area (Å²) in [5.74, 6) is 1.36. The van der Waals surface area contributed by atoms with Crippen LogP contribution in [0.4, 0.5) is 5.82 Å². The first-order valence-electron chi connectivity index (χ1n) is 8.06. The van der Waals surface area contributed by atoms with E-state index in [1.165, 1.54) is 6.07 Å². The normalized spacial score (nSPS) is 17.6. The molecule has 4 rings (SSSR count). The van der Waals surface area contributed by atoms with Crippen molar-refractivity contribution in [3.8, 4) is 17.1 Å². The van der Waals surface area contributed by atoms with Crippen LogP contribution >= 0.6 is 11.6 Å². The van der Waals surface area contributed by atoms with E-state index in [0.29, 0.717) is 40.1 Å². The highest BCUT2D eigenvalue weighted by Crippen LogP contribution is 2.35. The Morgan fingerprint density at radius 2 is 2.08 bits per heavy atom. The SMILES string of the molecule is Cc1cc(Cl)cc(O)c1-c1nc2nc(N3CCC(O)C3)cnc2n1C. The van der Waals surface area contributed by atoms with Crippen LogP contribution in [0, 0.1) is 6.92 Å². The molecule has 0 spiro atoms. The molecule has 1 aromatic carbocycles. The molecule has 1 atom stereocenters. The van der Waals surface area contributed by atoms with Crippen LogP contribution in [0.25, 0.3) is 22.7 Å². The van der Waals surface area contributed by atoms with E-state index < -0.39 is 0 Å². The molecule has 0 radical (unpaired) electrons. The third-order valence-electron chi connectivity index (χ3n) is 4.56. The van der Waals surface area contributed by atoms with Gasteiger partial charge in [-0.1, -0.05) is 11.6 Å². The van der Waals surface area contributed by atoms with Crippen molar-refractivity contribution in [3.63, 3.8) is 0 Å². The topological polar surface area (TPSA) is 87.3 Å². The molecule has 3 aromatic rings. The molecule has 8 heteroatoms. The second kappa shape index (κ2) is 5.86. The van der Waals surface area contributed by atoms with Gasteiger partial charge in [-0.15, -0.1) is 0 Å². The van der Waals surface area contributed by atoms with Gasteiger partial charge in [-0.05, 0) is 31.0 Å². The third-order valence-corrected chi connectivity index (χ3v) is 4.78. The second-order valence-electron chi connectivity index (χ2n) is 6.38. The molecule has 3 heterocycles.